The monoisotopic (exact) mass is 386 g/mol. The van der Waals surface area contributed by atoms with Crippen molar-refractivity contribution in [3.63, 3.8) is 0 Å². The molecule has 0 spiro atoms. The highest BCUT2D eigenvalue weighted by molar-refractivity contribution is 5.66. The molecule has 0 saturated heterocycles. The quantitative estimate of drug-likeness (QED) is 0.559. The average Bonchev–Trinajstić information content (AvgIpc) is 3.33. The maximum Gasteiger partial charge on any atom is 0.218 e. The van der Waals surface area contributed by atoms with E-state index in [1.165, 1.54) is 0 Å². The first-order valence-electron chi connectivity index (χ1n) is 8.84. The van der Waals surface area contributed by atoms with Gasteiger partial charge >= 0.3 is 0 Å². The van der Waals surface area contributed by atoms with Crippen molar-refractivity contribution in [2.24, 2.45) is 19.8 Å². The van der Waals surface area contributed by atoms with Gasteiger partial charge in [-0.25, -0.2) is 19.6 Å². The van der Waals surface area contributed by atoms with Gasteiger partial charge in [-0.15, -0.1) is 0 Å². The number of aromatic nitrogens is 6. The van der Waals surface area contributed by atoms with Crippen LogP contribution in [0.25, 0.3) is 22.9 Å². The minimum absolute atomic E-state index is 0.363. The van der Waals surface area contributed by atoms with E-state index in [0.29, 0.717) is 40.8 Å². The molecule has 29 heavy (non-hydrogen) atoms. The van der Waals surface area contributed by atoms with Crippen LogP contribution in [0.4, 0.5) is 0 Å². The number of nitrogens with two attached hydrogens (primary N) is 1. The van der Waals surface area contributed by atoms with Gasteiger partial charge in [-0.05, 0) is 18.2 Å². The summed E-state index contributed by atoms with van der Waals surface area (Å²) in [6, 6.07) is 9.04. The largest absolute Gasteiger partial charge is 0.438 e. The number of imidazole rings is 1. The zero-order chi connectivity index (χ0) is 20.4. The molecule has 4 rings (SSSR count). The fraction of sp³-hybridized carbons (Fsp3) is 0.150. The Bertz CT molecular complexity index is 1200. The second kappa shape index (κ2) is 7.53. The maximum absolute atomic E-state index is 9.29. The average molecular weight is 386 g/mol. The number of hydrogen-bond donors (Lipinski definition) is 1. The van der Waals surface area contributed by atoms with Crippen molar-refractivity contribution in [1.29, 1.82) is 5.26 Å². The summed E-state index contributed by atoms with van der Waals surface area (Å²) in [4.78, 5) is 13.0. The molecular weight excluding hydrogens is 368 g/mol. The van der Waals surface area contributed by atoms with Crippen molar-refractivity contribution in [3.8, 4) is 40.6 Å². The molecule has 0 bridgehead atoms. The van der Waals surface area contributed by atoms with Crippen LogP contribution >= 0.6 is 0 Å². The van der Waals surface area contributed by atoms with Gasteiger partial charge in [0.1, 0.15) is 11.4 Å². The van der Waals surface area contributed by atoms with Crippen LogP contribution in [-0.4, -0.2) is 29.3 Å². The predicted molar refractivity (Wildman–Crippen MR) is 106 cm³/mol. The summed E-state index contributed by atoms with van der Waals surface area (Å²) in [6.45, 7) is 0.363. The smallest absolute Gasteiger partial charge is 0.218 e. The first-order valence-corrected chi connectivity index (χ1v) is 8.84. The molecule has 0 amide bonds. The SMILES string of the molecule is Cn1ccnc1-c1cc(Oc2cc(C#N)ccc2-c2ncc(CN)cn2)n(C)n1. The molecule has 144 valence electrons. The lowest BCUT2D eigenvalue weighted by molar-refractivity contribution is 0.432. The minimum atomic E-state index is 0.363. The van der Waals surface area contributed by atoms with E-state index in [9.17, 15) is 5.26 Å². The highest BCUT2D eigenvalue weighted by atomic mass is 16.5. The van der Waals surface area contributed by atoms with E-state index in [1.807, 2.05) is 17.8 Å². The topological polar surface area (TPSA) is 120 Å². The highest BCUT2D eigenvalue weighted by Crippen LogP contribution is 2.33. The third-order valence-corrected chi connectivity index (χ3v) is 4.39. The predicted octanol–water partition coefficient (Wildman–Crippen LogP) is 2.40. The summed E-state index contributed by atoms with van der Waals surface area (Å²) in [6.07, 6.45) is 6.91. The van der Waals surface area contributed by atoms with E-state index in [4.69, 9.17) is 10.5 Å². The van der Waals surface area contributed by atoms with Crippen molar-refractivity contribution in [2.45, 2.75) is 6.54 Å². The Hall–Kier alpha value is -4.03. The molecule has 0 aliphatic carbocycles. The van der Waals surface area contributed by atoms with Crippen LogP contribution in [0.3, 0.4) is 0 Å². The Kier molecular flexibility index (Phi) is 4.76. The van der Waals surface area contributed by atoms with Crippen LogP contribution < -0.4 is 10.5 Å². The van der Waals surface area contributed by atoms with Gasteiger partial charge in [0, 0.05) is 57.1 Å². The summed E-state index contributed by atoms with van der Waals surface area (Å²) in [5, 5.41) is 13.8. The van der Waals surface area contributed by atoms with Gasteiger partial charge < -0.3 is 15.0 Å². The van der Waals surface area contributed by atoms with E-state index >= 15 is 0 Å². The molecule has 0 radical (unpaired) electrons. The van der Waals surface area contributed by atoms with Gasteiger partial charge in [0.05, 0.1) is 17.2 Å². The fourth-order valence-electron chi connectivity index (χ4n) is 2.84. The third kappa shape index (κ3) is 3.56. The minimum Gasteiger partial charge on any atom is -0.438 e. The Balaban J connectivity index is 1.74. The van der Waals surface area contributed by atoms with Gasteiger partial charge in [-0.2, -0.15) is 10.4 Å². The first-order chi connectivity index (χ1) is 14.1. The molecule has 4 aromatic rings. The number of nitrogens with zero attached hydrogens (tertiary/aromatic N) is 7. The number of benzene rings is 1. The molecule has 9 heteroatoms. The summed E-state index contributed by atoms with van der Waals surface area (Å²) in [5.74, 6) is 2.16. The van der Waals surface area contributed by atoms with Crippen LogP contribution in [0.15, 0.2) is 49.1 Å². The maximum atomic E-state index is 9.29. The van der Waals surface area contributed by atoms with E-state index < -0.39 is 0 Å². The molecule has 3 heterocycles. The van der Waals surface area contributed by atoms with Crippen molar-refractivity contribution in [3.05, 3.63) is 60.2 Å². The molecule has 0 aliphatic rings. The molecule has 3 aromatic heterocycles. The van der Waals surface area contributed by atoms with Crippen LogP contribution in [0.1, 0.15) is 11.1 Å². The number of nitriles is 1. The molecule has 0 unspecified atom stereocenters. The summed E-state index contributed by atoms with van der Waals surface area (Å²) in [7, 11) is 3.68. The van der Waals surface area contributed by atoms with E-state index in [0.717, 1.165) is 11.4 Å². The Morgan fingerprint density at radius 3 is 2.59 bits per heavy atom. The lowest BCUT2D eigenvalue weighted by atomic mass is 10.1. The van der Waals surface area contributed by atoms with Crippen molar-refractivity contribution in [1.82, 2.24) is 29.3 Å². The lowest BCUT2D eigenvalue weighted by Crippen LogP contribution is -2.01. The molecule has 1 aromatic carbocycles. The zero-order valence-electron chi connectivity index (χ0n) is 15.9. The molecule has 2 N–H and O–H groups in total. The van der Waals surface area contributed by atoms with Gasteiger partial charge in [0.2, 0.25) is 5.88 Å². The number of hydrogen-bond acceptors (Lipinski definition) is 7. The molecule has 0 aliphatic heterocycles. The van der Waals surface area contributed by atoms with E-state index in [2.05, 4.69) is 26.1 Å². The van der Waals surface area contributed by atoms with Crippen LogP contribution in [-0.2, 0) is 20.6 Å². The van der Waals surface area contributed by atoms with Gasteiger partial charge in [0.15, 0.2) is 11.6 Å². The van der Waals surface area contributed by atoms with E-state index in [1.54, 1.807) is 54.6 Å². The molecule has 9 nitrogen and oxygen atoms in total. The standard InChI is InChI=1S/C20H18N8O/c1-27-6-5-23-20(27)16-8-18(28(2)26-16)29-17-7-13(9-21)3-4-15(17)19-24-11-14(10-22)12-25-19/h3-8,11-12H,10,22H2,1-2H3. The third-order valence-electron chi connectivity index (χ3n) is 4.39. The highest BCUT2D eigenvalue weighted by Gasteiger charge is 2.16. The molecular formula is C20H18N8O. The Morgan fingerprint density at radius 2 is 1.93 bits per heavy atom. The molecule has 0 atom stereocenters. The lowest BCUT2D eigenvalue weighted by Gasteiger charge is -2.11. The molecule has 0 saturated carbocycles. The van der Waals surface area contributed by atoms with Crippen molar-refractivity contribution in [2.75, 3.05) is 0 Å². The fourth-order valence-corrected chi connectivity index (χ4v) is 2.84. The summed E-state index contributed by atoms with van der Waals surface area (Å²) in [5.41, 5.74) is 8.25. The number of ether oxygens (including phenoxy) is 1. The summed E-state index contributed by atoms with van der Waals surface area (Å²) < 4.78 is 9.61. The number of rotatable bonds is 5. The molecule has 0 fully saturated rings. The van der Waals surface area contributed by atoms with Crippen molar-refractivity contribution < 1.29 is 4.74 Å². The van der Waals surface area contributed by atoms with Crippen LogP contribution in [0.2, 0.25) is 0 Å². The Labute approximate surface area is 167 Å². The van der Waals surface area contributed by atoms with Gasteiger partial charge in [0.25, 0.3) is 0 Å². The van der Waals surface area contributed by atoms with Crippen molar-refractivity contribution >= 4 is 0 Å². The van der Waals surface area contributed by atoms with Crippen LogP contribution in [0, 0.1) is 11.3 Å². The van der Waals surface area contributed by atoms with Crippen LogP contribution in [0.5, 0.6) is 11.6 Å². The van der Waals surface area contributed by atoms with Gasteiger partial charge in [-0.1, -0.05) is 0 Å². The normalized spacial score (nSPS) is 10.7. The number of aryl methyl sites for hydroxylation is 2. The van der Waals surface area contributed by atoms with Gasteiger partial charge in [-0.3, -0.25) is 0 Å². The zero-order valence-corrected chi connectivity index (χ0v) is 15.9. The second-order valence-electron chi connectivity index (χ2n) is 6.40. The Morgan fingerprint density at radius 1 is 1.14 bits per heavy atom. The first kappa shape index (κ1) is 18.3. The van der Waals surface area contributed by atoms with E-state index in [-0.39, 0.29) is 0 Å². The second-order valence-corrected chi connectivity index (χ2v) is 6.40. The summed E-state index contributed by atoms with van der Waals surface area (Å²) >= 11 is 0.